The van der Waals surface area contributed by atoms with Crippen molar-refractivity contribution >= 4 is 14.1 Å². The van der Waals surface area contributed by atoms with E-state index in [0.29, 0.717) is 5.56 Å². The van der Waals surface area contributed by atoms with E-state index in [9.17, 15) is 9.90 Å². The first-order chi connectivity index (χ1) is 8.69. The maximum absolute atomic E-state index is 12.3. The van der Waals surface area contributed by atoms with Crippen molar-refractivity contribution in [1.29, 1.82) is 0 Å². The molecule has 0 aliphatic carbocycles. The number of carbonyl (C=O) groups is 1. The molecule has 1 N–H and O–H groups in total. The molecule has 1 aromatic rings. The van der Waals surface area contributed by atoms with E-state index >= 15 is 0 Å². The number of aliphatic hydroxyl groups is 1. The maximum Gasteiger partial charge on any atom is 0.193 e. The monoisotopic (exact) mass is 280 g/mol. The van der Waals surface area contributed by atoms with E-state index in [1.54, 1.807) is 12.1 Å². The summed E-state index contributed by atoms with van der Waals surface area (Å²) in [5.74, 6) is -0.145. The quantitative estimate of drug-likeness (QED) is 0.665. The highest BCUT2D eigenvalue weighted by Crippen LogP contribution is 2.37. The molecular weight excluding hydrogens is 256 g/mol. The molecule has 1 atom stereocenters. The molecule has 1 rings (SSSR count). The second kappa shape index (κ2) is 5.99. The first-order valence-corrected chi connectivity index (χ1v) is 9.48. The molecule has 0 saturated carbocycles. The van der Waals surface area contributed by atoms with Gasteiger partial charge < -0.3 is 9.53 Å². The van der Waals surface area contributed by atoms with Crippen LogP contribution in [0.4, 0.5) is 0 Å². The number of ketones is 1. The van der Waals surface area contributed by atoms with Crippen LogP contribution in [-0.4, -0.2) is 31.9 Å². The molecule has 0 saturated heterocycles. The highest BCUT2D eigenvalue weighted by molar-refractivity contribution is 6.74. The van der Waals surface area contributed by atoms with E-state index in [1.165, 1.54) is 0 Å². The summed E-state index contributed by atoms with van der Waals surface area (Å²) in [7, 11) is -2.07. The van der Waals surface area contributed by atoms with Crippen LogP contribution >= 0.6 is 0 Å². The van der Waals surface area contributed by atoms with Gasteiger partial charge in [0.25, 0.3) is 0 Å². The Morgan fingerprint density at radius 1 is 1.26 bits per heavy atom. The minimum absolute atomic E-state index is 0.0113. The summed E-state index contributed by atoms with van der Waals surface area (Å²) in [6.07, 6.45) is -0.761. The van der Waals surface area contributed by atoms with Gasteiger partial charge in [0, 0.05) is 5.56 Å². The Bertz CT molecular complexity index is 421. The molecule has 19 heavy (non-hydrogen) atoms. The molecule has 4 heteroatoms. The fourth-order valence-corrected chi connectivity index (χ4v) is 2.74. The minimum atomic E-state index is -2.07. The van der Waals surface area contributed by atoms with Crippen molar-refractivity contribution in [3.8, 4) is 0 Å². The van der Waals surface area contributed by atoms with Crippen LogP contribution in [0.1, 0.15) is 31.1 Å². The lowest BCUT2D eigenvalue weighted by molar-refractivity contribution is 0.0620. The average molecular weight is 280 g/mol. The topological polar surface area (TPSA) is 46.5 Å². The number of hydrogen-bond donors (Lipinski definition) is 1. The first kappa shape index (κ1) is 16.1. The number of carbonyl (C=O) groups excluding carboxylic acids is 1. The van der Waals surface area contributed by atoms with Gasteiger partial charge in [0.05, 0.1) is 6.61 Å². The van der Waals surface area contributed by atoms with E-state index in [1.807, 2.05) is 18.2 Å². The molecule has 0 fully saturated rings. The molecule has 0 radical (unpaired) electrons. The summed E-state index contributed by atoms with van der Waals surface area (Å²) >= 11 is 0. The van der Waals surface area contributed by atoms with E-state index in [-0.39, 0.29) is 17.4 Å². The predicted octanol–water partition coefficient (Wildman–Crippen LogP) is 3.25. The third kappa shape index (κ3) is 3.99. The molecule has 0 amide bonds. The van der Waals surface area contributed by atoms with Gasteiger partial charge in [-0.05, 0) is 18.1 Å². The lowest BCUT2D eigenvalue weighted by Crippen LogP contribution is -2.47. The van der Waals surface area contributed by atoms with Crippen molar-refractivity contribution in [2.75, 3.05) is 6.61 Å². The summed E-state index contributed by atoms with van der Waals surface area (Å²) in [4.78, 5) is 12.3. The number of hydrogen-bond acceptors (Lipinski definition) is 3. The van der Waals surface area contributed by atoms with Crippen molar-refractivity contribution in [3.05, 3.63) is 35.9 Å². The van der Waals surface area contributed by atoms with Gasteiger partial charge in [-0.15, -0.1) is 0 Å². The molecule has 0 aliphatic heterocycles. The normalized spacial score (nSPS) is 14.2. The summed E-state index contributed by atoms with van der Waals surface area (Å²) in [6.45, 7) is 10.2. The van der Waals surface area contributed by atoms with Gasteiger partial charge in [0.1, 0.15) is 6.10 Å². The Morgan fingerprint density at radius 2 is 1.79 bits per heavy atom. The van der Waals surface area contributed by atoms with Gasteiger partial charge >= 0.3 is 0 Å². The molecule has 0 spiro atoms. The van der Waals surface area contributed by atoms with Crippen molar-refractivity contribution in [2.45, 2.75) is 45.0 Å². The number of rotatable bonds is 5. The van der Waals surface area contributed by atoms with E-state index < -0.39 is 14.4 Å². The number of benzene rings is 1. The van der Waals surface area contributed by atoms with Crippen LogP contribution in [0, 0.1) is 0 Å². The Hall–Kier alpha value is -0.973. The molecule has 1 unspecified atom stereocenters. The van der Waals surface area contributed by atoms with Crippen molar-refractivity contribution in [1.82, 2.24) is 0 Å². The van der Waals surface area contributed by atoms with Crippen LogP contribution in [0.2, 0.25) is 18.1 Å². The Kier molecular flexibility index (Phi) is 5.07. The largest absolute Gasteiger partial charge is 0.404 e. The Labute approximate surface area is 116 Å². The second-order valence-corrected chi connectivity index (χ2v) is 11.0. The molecule has 3 nitrogen and oxygen atoms in total. The molecule has 0 bridgehead atoms. The van der Waals surface area contributed by atoms with Crippen LogP contribution in [0.5, 0.6) is 0 Å². The van der Waals surface area contributed by atoms with E-state index in [2.05, 4.69) is 33.9 Å². The molecule has 0 aromatic heterocycles. The van der Waals surface area contributed by atoms with Crippen molar-refractivity contribution in [2.24, 2.45) is 0 Å². The van der Waals surface area contributed by atoms with Crippen molar-refractivity contribution in [3.63, 3.8) is 0 Å². The molecule has 106 valence electrons. The first-order valence-electron chi connectivity index (χ1n) is 6.57. The number of Topliss-reactive ketones (excluding diaryl/α,β-unsaturated/α-hetero) is 1. The maximum atomic E-state index is 12.3. The second-order valence-electron chi connectivity index (χ2n) is 6.28. The summed E-state index contributed by atoms with van der Waals surface area (Å²) < 4.78 is 6.01. The lowest BCUT2D eigenvalue weighted by Gasteiger charge is -2.38. The van der Waals surface area contributed by atoms with Gasteiger partial charge in [-0.3, -0.25) is 4.79 Å². The van der Waals surface area contributed by atoms with E-state index in [0.717, 1.165) is 0 Å². The van der Waals surface area contributed by atoms with Gasteiger partial charge in [-0.2, -0.15) is 0 Å². The Morgan fingerprint density at radius 3 is 2.21 bits per heavy atom. The average Bonchev–Trinajstić information content (AvgIpc) is 2.35. The zero-order valence-electron chi connectivity index (χ0n) is 12.4. The van der Waals surface area contributed by atoms with Crippen molar-refractivity contribution < 1.29 is 14.3 Å². The smallest absolute Gasteiger partial charge is 0.193 e. The summed E-state index contributed by atoms with van der Waals surface area (Å²) in [5, 5.41) is 9.47. The van der Waals surface area contributed by atoms with E-state index in [4.69, 9.17) is 4.43 Å². The lowest BCUT2D eigenvalue weighted by atomic mass is 10.1. The standard InChI is InChI=1S/C15H24O3Si/c1-15(2,3)19(4,5)18-13(11-16)14(17)12-9-7-6-8-10-12/h6-10,13,16H,11H2,1-5H3. The van der Waals surface area contributed by atoms with Crippen LogP contribution < -0.4 is 0 Å². The Balaban J connectivity index is 2.88. The number of aliphatic hydroxyl groups excluding tert-OH is 1. The zero-order valence-corrected chi connectivity index (χ0v) is 13.4. The third-order valence-electron chi connectivity index (χ3n) is 3.76. The van der Waals surface area contributed by atoms with Gasteiger partial charge in [0.15, 0.2) is 14.1 Å². The summed E-state index contributed by atoms with van der Waals surface area (Å²) in [5.41, 5.74) is 0.584. The third-order valence-corrected chi connectivity index (χ3v) is 8.25. The highest BCUT2D eigenvalue weighted by atomic mass is 28.4. The minimum Gasteiger partial charge on any atom is -0.404 e. The van der Waals surface area contributed by atoms with Gasteiger partial charge in [-0.1, -0.05) is 51.1 Å². The van der Waals surface area contributed by atoms with Crippen LogP contribution in [0.15, 0.2) is 30.3 Å². The fourth-order valence-electron chi connectivity index (χ4n) is 1.49. The molecule has 1 aromatic carbocycles. The van der Waals surface area contributed by atoms with Crippen LogP contribution in [0.3, 0.4) is 0 Å². The SMILES string of the molecule is CC(C)(C)[Si](C)(C)OC(CO)C(=O)c1ccccc1. The summed E-state index contributed by atoms with van der Waals surface area (Å²) in [6, 6.07) is 8.99. The molecule has 0 aliphatic rings. The fraction of sp³-hybridized carbons (Fsp3) is 0.533. The highest BCUT2D eigenvalue weighted by Gasteiger charge is 2.40. The van der Waals surface area contributed by atoms with Gasteiger partial charge in [0.2, 0.25) is 0 Å². The molecular formula is C15H24O3Si. The van der Waals surface area contributed by atoms with Crippen LogP contribution in [-0.2, 0) is 4.43 Å². The molecule has 0 heterocycles. The van der Waals surface area contributed by atoms with Gasteiger partial charge in [-0.25, -0.2) is 0 Å². The van der Waals surface area contributed by atoms with Crippen LogP contribution in [0.25, 0.3) is 0 Å². The zero-order chi connectivity index (χ0) is 14.7. The predicted molar refractivity (Wildman–Crippen MR) is 79.9 cm³/mol.